The van der Waals surface area contributed by atoms with Gasteiger partial charge in [0.25, 0.3) is 0 Å². The molecule has 0 fully saturated rings. The lowest BCUT2D eigenvalue weighted by Crippen LogP contribution is -2.07. The van der Waals surface area contributed by atoms with E-state index in [4.69, 9.17) is 0 Å². The second kappa shape index (κ2) is 4.79. The van der Waals surface area contributed by atoms with Gasteiger partial charge < -0.3 is 9.67 Å². The summed E-state index contributed by atoms with van der Waals surface area (Å²) in [6, 6.07) is 15.5. The molecular weight excluding hydrogens is 304 g/mol. The van der Waals surface area contributed by atoms with Gasteiger partial charge in [-0.2, -0.15) is 0 Å². The van der Waals surface area contributed by atoms with Crippen molar-refractivity contribution in [2.45, 2.75) is 6.10 Å². The highest BCUT2D eigenvalue weighted by Crippen LogP contribution is 2.25. The fraction of sp³-hybridized carbons (Fsp3) is 0.133. The molecule has 0 bridgehead atoms. The molecule has 0 aliphatic carbocycles. The number of fused-ring (bicyclic) bond motifs is 1. The average molecular weight is 317 g/mol. The van der Waals surface area contributed by atoms with Gasteiger partial charge in [0, 0.05) is 11.5 Å². The fourth-order valence-electron chi connectivity index (χ4n) is 2.20. The smallest absolute Gasteiger partial charge is 0.143 e. The Morgan fingerprint density at radius 2 is 1.79 bits per heavy atom. The molecule has 0 radical (unpaired) electrons. The van der Waals surface area contributed by atoms with Crippen LogP contribution in [0.4, 0.5) is 0 Å². The average Bonchev–Trinajstić information content (AvgIpc) is 2.77. The zero-order chi connectivity index (χ0) is 13.4. The summed E-state index contributed by atoms with van der Waals surface area (Å²) < 4.78 is 2.93. The van der Waals surface area contributed by atoms with Crippen LogP contribution in [-0.2, 0) is 7.05 Å². The summed E-state index contributed by atoms with van der Waals surface area (Å²) in [6.07, 6.45) is -0.717. The van der Waals surface area contributed by atoms with Crippen molar-refractivity contribution in [3.05, 3.63) is 64.4 Å². The van der Waals surface area contributed by atoms with Crippen LogP contribution in [0.1, 0.15) is 17.5 Å². The molecule has 1 unspecified atom stereocenters. The molecule has 3 aromatic rings. The minimum absolute atomic E-state index is 0.656. The number of aliphatic hydroxyl groups excluding tert-OH is 1. The molecule has 0 spiro atoms. The second-order valence-corrected chi connectivity index (χ2v) is 5.39. The largest absolute Gasteiger partial charge is 0.380 e. The lowest BCUT2D eigenvalue weighted by molar-refractivity contribution is 0.207. The number of aromatic nitrogens is 2. The first-order valence-electron chi connectivity index (χ1n) is 6.01. The predicted octanol–water partition coefficient (Wildman–Crippen LogP) is 3.42. The summed E-state index contributed by atoms with van der Waals surface area (Å²) in [7, 11) is 1.92. The van der Waals surface area contributed by atoms with Crippen molar-refractivity contribution in [3.63, 3.8) is 0 Å². The van der Waals surface area contributed by atoms with Crippen LogP contribution in [0.15, 0.2) is 53.0 Å². The molecule has 0 aliphatic rings. The number of nitrogens with zero attached hydrogens (tertiary/aromatic N) is 2. The van der Waals surface area contributed by atoms with Crippen molar-refractivity contribution in [2.24, 2.45) is 7.05 Å². The highest BCUT2D eigenvalue weighted by atomic mass is 79.9. The van der Waals surface area contributed by atoms with Gasteiger partial charge in [0.15, 0.2) is 0 Å². The van der Waals surface area contributed by atoms with E-state index in [1.165, 1.54) is 0 Å². The van der Waals surface area contributed by atoms with Crippen molar-refractivity contribution in [2.75, 3.05) is 0 Å². The summed E-state index contributed by atoms with van der Waals surface area (Å²) in [5, 5.41) is 10.5. The molecule has 19 heavy (non-hydrogen) atoms. The monoisotopic (exact) mass is 316 g/mol. The Bertz CT molecular complexity index is 719. The van der Waals surface area contributed by atoms with Crippen LogP contribution in [0.5, 0.6) is 0 Å². The zero-order valence-corrected chi connectivity index (χ0v) is 12.0. The minimum atomic E-state index is -0.717. The topological polar surface area (TPSA) is 38.0 Å². The van der Waals surface area contributed by atoms with Crippen LogP contribution in [0, 0.1) is 0 Å². The third-order valence-corrected chi connectivity index (χ3v) is 3.78. The first kappa shape index (κ1) is 12.4. The van der Waals surface area contributed by atoms with Crippen molar-refractivity contribution in [3.8, 4) is 0 Å². The van der Waals surface area contributed by atoms with Crippen LogP contribution < -0.4 is 0 Å². The third kappa shape index (κ3) is 2.17. The molecule has 4 heteroatoms. The number of benzene rings is 2. The van der Waals surface area contributed by atoms with E-state index in [0.717, 1.165) is 21.1 Å². The Morgan fingerprint density at radius 1 is 1.11 bits per heavy atom. The standard InChI is InChI=1S/C15H13BrN2O/c1-18-13-5-3-2-4-12(13)17-15(18)14(19)10-6-8-11(16)9-7-10/h2-9,14,19H,1H3. The van der Waals surface area contributed by atoms with E-state index >= 15 is 0 Å². The maximum absolute atomic E-state index is 10.5. The Balaban J connectivity index is 2.08. The maximum Gasteiger partial charge on any atom is 0.143 e. The molecule has 1 atom stereocenters. The van der Waals surface area contributed by atoms with E-state index in [9.17, 15) is 5.11 Å². The van der Waals surface area contributed by atoms with Crippen molar-refractivity contribution in [1.82, 2.24) is 9.55 Å². The highest BCUT2D eigenvalue weighted by Gasteiger charge is 2.17. The summed E-state index contributed by atoms with van der Waals surface area (Å²) >= 11 is 3.39. The Hall–Kier alpha value is -1.65. The van der Waals surface area contributed by atoms with Crippen LogP contribution in [-0.4, -0.2) is 14.7 Å². The van der Waals surface area contributed by atoms with Gasteiger partial charge >= 0.3 is 0 Å². The van der Waals surface area contributed by atoms with Gasteiger partial charge in [-0.15, -0.1) is 0 Å². The summed E-state index contributed by atoms with van der Waals surface area (Å²) in [4.78, 5) is 4.51. The molecular formula is C15H13BrN2O. The van der Waals surface area contributed by atoms with Crippen molar-refractivity contribution < 1.29 is 5.11 Å². The first-order valence-corrected chi connectivity index (χ1v) is 6.81. The number of aliphatic hydroxyl groups is 1. The number of hydrogen-bond acceptors (Lipinski definition) is 2. The van der Waals surface area contributed by atoms with Gasteiger partial charge in [-0.05, 0) is 29.8 Å². The van der Waals surface area contributed by atoms with Crippen LogP contribution in [0.3, 0.4) is 0 Å². The van der Waals surface area contributed by atoms with Gasteiger partial charge in [0.2, 0.25) is 0 Å². The highest BCUT2D eigenvalue weighted by molar-refractivity contribution is 9.10. The molecule has 2 aromatic carbocycles. The number of hydrogen-bond donors (Lipinski definition) is 1. The fourth-order valence-corrected chi connectivity index (χ4v) is 2.47. The Morgan fingerprint density at radius 3 is 2.47 bits per heavy atom. The Kier molecular flexibility index (Phi) is 3.12. The molecule has 1 aromatic heterocycles. The van der Waals surface area contributed by atoms with E-state index < -0.39 is 6.10 Å². The van der Waals surface area contributed by atoms with E-state index in [0.29, 0.717) is 5.82 Å². The molecule has 0 aliphatic heterocycles. The number of para-hydroxylation sites is 2. The summed E-state index contributed by atoms with van der Waals surface area (Å²) in [5.41, 5.74) is 2.76. The second-order valence-electron chi connectivity index (χ2n) is 4.47. The Labute approximate surface area is 119 Å². The minimum Gasteiger partial charge on any atom is -0.380 e. The lowest BCUT2D eigenvalue weighted by atomic mass is 10.1. The maximum atomic E-state index is 10.5. The first-order chi connectivity index (χ1) is 9.16. The van der Waals surface area contributed by atoms with Gasteiger partial charge in [-0.3, -0.25) is 0 Å². The van der Waals surface area contributed by atoms with E-state index in [-0.39, 0.29) is 0 Å². The van der Waals surface area contributed by atoms with Gasteiger partial charge in [-0.25, -0.2) is 4.98 Å². The van der Waals surface area contributed by atoms with Crippen LogP contribution >= 0.6 is 15.9 Å². The summed E-state index contributed by atoms with van der Waals surface area (Å²) in [5.74, 6) is 0.656. The summed E-state index contributed by atoms with van der Waals surface area (Å²) in [6.45, 7) is 0. The van der Waals surface area contributed by atoms with Crippen LogP contribution in [0.2, 0.25) is 0 Å². The van der Waals surface area contributed by atoms with Crippen molar-refractivity contribution in [1.29, 1.82) is 0 Å². The molecule has 0 saturated carbocycles. The lowest BCUT2D eigenvalue weighted by Gasteiger charge is -2.11. The SMILES string of the molecule is Cn1c(C(O)c2ccc(Br)cc2)nc2ccccc21. The number of halogens is 1. The van der Waals surface area contributed by atoms with Crippen molar-refractivity contribution >= 4 is 27.0 Å². The molecule has 1 N–H and O–H groups in total. The molecule has 0 saturated heterocycles. The van der Waals surface area contributed by atoms with Gasteiger partial charge in [-0.1, -0.05) is 40.2 Å². The van der Waals surface area contributed by atoms with Gasteiger partial charge in [0.1, 0.15) is 11.9 Å². The normalized spacial score (nSPS) is 12.8. The predicted molar refractivity (Wildman–Crippen MR) is 78.9 cm³/mol. The number of aryl methyl sites for hydroxylation is 1. The molecule has 3 rings (SSSR count). The molecule has 96 valence electrons. The number of rotatable bonds is 2. The van der Waals surface area contributed by atoms with E-state index in [1.807, 2.05) is 60.1 Å². The van der Waals surface area contributed by atoms with Gasteiger partial charge in [0.05, 0.1) is 11.0 Å². The zero-order valence-electron chi connectivity index (χ0n) is 10.4. The quantitative estimate of drug-likeness (QED) is 0.786. The molecule has 0 amide bonds. The molecule has 3 nitrogen and oxygen atoms in total. The number of imidazole rings is 1. The van der Waals surface area contributed by atoms with E-state index in [1.54, 1.807) is 0 Å². The molecule has 1 heterocycles. The third-order valence-electron chi connectivity index (χ3n) is 3.25. The van der Waals surface area contributed by atoms with E-state index in [2.05, 4.69) is 20.9 Å². The van der Waals surface area contributed by atoms with Crippen LogP contribution in [0.25, 0.3) is 11.0 Å².